The van der Waals surface area contributed by atoms with Crippen LogP contribution in [0.5, 0.6) is 0 Å². The number of esters is 1. The Kier molecular flexibility index (Phi) is 7.27. The molecule has 0 spiro atoms. The van der Waals surface area contributed by atoms with Gasteiger partial charge in [-0.2, -0.15) is 0 Å². The van der Waals surface area contributed by atoms with Gasteiger partial charge in [-0.3, -0.25) is 9.59 Å². The van der Waals surface area contributed by atoms with Crippen molar-refractivity contribution >= 4 is 23.6 Å². The summed E-state index contributed by atoms with van der Waals surface area (Å²) >= 11 is 1.63. The predicted molar refractivity (Wildman–Crippen MR) is 71.1 cm³/mol. The third-order valence-electron chi connectivity index (χ3n) is 2.16. The Morgan fingerprint density at radius 1 is 1.29 bits per heavy atom. The third kappa shape index (κ3) is 9.03. The number of hydrogen-bond donors (Lipinski definition) is 0. The van der Waals surface area contributed by atoms with E-state index in [1.54, 1.807) is 23.7 Å². The number of nitrogens with zero attached hydrogens (tertiary/aromatic N) is 1. The van der Waals surface area contributed by atoms with Gasteiger partial charge in [-0.05, 0) is 6.42 Å². The summed E-state index contributed by atoms with van der Waals surface area (Å²) in [7, 11) is 3.14. The van der Waals surface area contributed by atoms with Crippen molar-refractivity contribution in [2.45, 2.75) is 38.4 Å². The molecule has 0 aliphatic heterocycles. The second kappa shape index (κ2) is 7.58. The van der Waals surface area contributed by atoms with Crippen molar-refractivity contribution in [2.24, 2.45) is 0 Å². The van der Waals surface area contributed by atoms with E-state index >= 15 is 0 Å². The number of carbonyl (C=O) groups excluding carboxylic acids is 2. The highest BCUT2D eigenvalue weighted by molar-refractivity contribution is 8.01. The van der Waals surface area contributed by atoms with Crippen LogP contribution in [-0.2, 0) is 14.3 Å². The normalized spacial score (nSPS) is 11.1. The van der Waals surface area contributed by atoms with Crippen LogP contribution in [0, 0.1) is 0 Å². The van der Waals surface area contributed by atoms with Gasteiger partial charge in [0.05, 0.1) is 12.9 Å². The summed E-state index contributed by atoms with van der Waals surface area (Å²) in [5.41, 5.74) is 0. The molecule has 0 aromatic carbocycles. The molecule has 0 aliphatic rings. The van der Waals surface area contributed by atoms with Crippen LogP contribution >= 0.6 is 11.8 Å². The Morgan fingerprint density at radius 3 is 2.35 bits per heavy atom. The summed E-state index contributed by atoms with van der Waals surface area (Å²) in [6.07, 6.45) is 1.01. The zero-order chi connectivity index (χ0) is 13.5. The van der Waals surface area contributed by atoms with Gasteiger partial charge >= 0.3 is 5.97 Å². The molecule has 0 heterocycles. The van der Waals surface area contributed by atoms with Crippen LogP contribution in [0.1, 0.15) is 33.6 Å². The molecule has 100 valence electrons. The lowest BCUT2D eigenvalue weighted by atomic mass is 10.3. The second-order valence-electron chi connectivity index (χ2n) is 4.90. The first-order valence-electron chi connectivity index (χ1n) is 5.71. The molecule has 0 atom stereocenters. The van der Waals surface area contributed by atoms with Crippen molar-refractivity contribution in [1.82, 2.24) is 4.90 Å². The van der Waals surface area contributed by atoms with Crippen LogP contribution in [0.3, 0.4) is 0 Å². The topological polar surface area (TPSA) is 46.6 Å². The number of hydrogen-bond acceptors (Lipinski definition) is 4. The van der Waals surface area contributed by atoms with E-state index in [9.17, 15) is 9.59 Å². The number of thioether (sulfide) groups is 1. The van der Waals surface area contributed by atoms with E-state index in [0.29, 0.717) is 25.1 Å². The van der Waals surface area contributed by atoms with Crippen LogP contribution in [0.2, 0.25) is 0 Å². The highest BCUT2D eigenvalue weighted by atomic mass is 32.2. The third-order valence-corrected chi connectivity index (χ3v) is 3.41. The number of carbonyl (C=O) groups is 2. The van der Waals surface area contributed by atoms with E-state index < -0.39 is 0 Å². The maximum atomic E-state index is 11.7. The first kappa shape index (κ1) is 16.3. The average Bonchev–Trinajstić information content (AvgIpc) is 2.24. The number of amides is 1. The predicted octanol–water partition coefficient (Wildman–Crippen LogP) is 1.93. The SMILES string of the molecule is COC(=O)CCCN(C)C(=O)CSC(C)(C)C. The highest BCUT2D eigenvalue weighted by Gasteiger charge is 2.15. The molecule has 0 aromatic heterocycles. The minimum absolute atomic E-state index is 0.0997. The molecule has 0 saturated carbocycles. The molecule has 4 nitrogen and oxygen atoms in total. The first-order chi connectivity index (χ1) is 7.76. The molecule has 1 amide bonds. The van der Waals surface area contributed by atoms with Crippen molar-refractivity contribution in [3.63, 3.8) is 0 Å². The summed E-state index contributed by atoms with van der Waals surface area (Å²) in [5, 5.41) is 0. The second-order valence-corrected chi connectivity index (χ2v) is 6.70. The molecule has 17 heavy (non-hydrogen) atoms. The minimum Gasteiger partial charge on any atom is -0.469 e. The molecular formula is C12H23NO3S. The fourth-order valence-corrected chi connectivity index (χ4v) is 1.85. The molecule has 0 aliphatic carbocycles. The standard InChI is InChI=1S/C12H23NO3S/c1-12(2,3)17-9-10(14)13(4)8-6-7-11(15)16-5/h6-9H2,1-5H3. The molecule has 0 saturated heterocycles. The summed E-state index contributed by atoms with van der Waals surface area (Å²) in [4.78, 5) is 24.3. The average molecular weight is 261 g/mol. The smallest absolute Gasteiger partial charge is 0.305 e. The van der Waals surface area contributed by atoms with Gasteiger partial charge in [0.1, 0.15) is 0 Å². The Labute approximate surface area is 108 Å². The van der Waals surface area contributed by atoms with E-state index in [-0.39, 0.29) is 16.6 Å². The molecule has 0 fully saturated rings. The van der Waals surface area contributed by atoms with Crippen molar-refractivity contribution in [3.8, 4) is 0 Å². The van der Waals surface area contributed by atoms with E-state index in [4.69, 9.17) is 0 Å². The van der Waals surface area contributed by atoms with Crippen LogP contribution < -0.4 is 0 Å². The van der Waals surface area contributed by atoms with Gasteiger partial charge in [0, 0.05) is 24.8 Å². The van der Waals surface area contributed by atoms with Crippen LogP contribution in [0.15, 0.2) is 0 Å². The molecule has 0 rings (SSSR count). The molecular weight excluding hydrogens is 238 g/mol. The Hall–Kier alpha value is -0.710. The first-order valence-corrected chi connectivity index (χ1v) is 6.69. The monoisotopic (exact) mass is 261 g/mol. The molecule has 0 aromatic rings. The summed E-state index contributed by atoms with van der Waals surface area (Å²) < 4.78 is 4.64. The van der Waals surface area contributed by atoms with Crippen molar-refractivity contribution in [2.75, 3.05) is 26.5 Å². The van der Waals surface area contributed by atoms with Gasteiger partial charge in [0.25, 0.3) is 0 Å². The van der Waals surface area contributed by atoms with Gasteiger partial charge in [-0.25, -0.2) is 0 Å². The molecule has 5 heteroatoms. The maximum absolute atomic E-state index is 11.7. The zero-order valence-corrected chi connectivity index (χ0v) is 12.2. The molecule has 0 N–H and O–H groups in total. The van der Waals surface area contributed by atoms with E-state index in [0.717, 1.165) is 0 Å². The lowest BCUT2D eigenvalue weighted by Crippen LogP contribution is -2.30. The van der Waals surface area contributed by atoms with Crippen molar-refractivity contribution < 1.29 is 14.3 Å². The largest absolute Gasteiger partial charge is 0.469 e. The van der Waals surface area contributed by atoms with Gasteiger partial charge in [0.15, 0.2) is 0 Å². The van der Waals surface area contributed by atoms with E-state index in [1.807, 2.05) is 0 Å². The molecule has 0 unspecified atom stereocenters. The van der Waals surface area contributed by atoms with Gasteiger partial charge in [-0.15, -0.1) is 11.8 Å². The van der Waals surface area contributed by atoms with Crippen molar-refractivity contribution in [3.05, 3.63) is 0 Å². The molecule has 0 bridgehead atoms. The van der Waals surface area contributed by atoms with E-state index in [2.05, 4.69) is 25.5 Å². The lowest BCUT2D eigenvalue weighted by molar-refractivity contribution is -0.141. The van der Waals surface area contributed by atoms with Crippen molar-refractivity contribution in [1.29, 1.82) is 0 Å². The van der Waals surface area contributed by atoms with Gasteiger partial charge < -0.3 is 9.64 Å². The Balaban J connectivity index is 3.79. The number of rotatable bonds is 6. The minimum atomic E-state index is -0.227. The Morgan fingerprint density at radius 2 is 1.88 bits per heavy atom. The fraction of sp³-hybridized carbons (Fsp3) is 0.833. The van der Waals surface area contributed by atoms with E-state index in [1.165, 1.54) is 7.11 Å². The quantitative estimate of drug-likeness (QED) is 0.685. The fourth-order valence-electron chi connectivity index (χ4n) is 1.08. The van der Waals surface area contributed by atoms with Crippen LogP contribution in [0.25, 0.3) is 0 Å². The van der Waals surface area contributed by atoms with Gasteiger partial charge in [-0.1, -0.05) is 20.8 Å². The number of ether oxygens (including phenoxy) is 1. The molecule has 0 radical (unpaired) electrons. The number of methoxy groups -OCH3 is 1. The zero-order valence-electron chi connectivity index (χ0n) is 11.4. The maximum Gasteiger partial charge on any atom is 0.305 e. The summed E-state index contributed by atoms with van der Waals surface area (Å²) in [6.45, 7) is 6.85. The lowest BCUT2D eigenvalue weighted by Gasteiger charge is -2.21. The Bertz CT molecular complexity index is 261. The van der Waals surface area contributed by atoms with Crippen LogP contribution in [0.4, 0.5) is 0 Å². The summed E-state index contributed by atoms with van der Waals surface area (Å²) in [5.74, 6) is 0.364. The summed E-state index contributed by atoms with van der Waals surface area (Å²) in [6, 6.07) is 0. The van der Waals surface area contributed by atoms with Crippen LogP contribution in [-0.4, -0.2) is 48.0 Å². The van der Waals surface area contributed by atoms with Gasteiger partial charge in [0.2, 0.25) is 5.91 Å². The highest BCUT2D eigenvalue weighted by Crippen LogP contribution is 2.23.